The van der Waals surface area contributed by atoms with Crippen LogP contribution in [0.1, 0.15) is 5.56 Å². The smallest absolute Gasteiger partial charge is 0.0884 e. The molecule has 2 aromatic carbocycles. The van der Waals surface area contributed by atoms with E-state index in [9.17, 15) is 15.3 Å². The first-order valence-corrected chi connectivity index (χ1v) is 6.28. The number of aliphatic hydroxyl groups excluding tert-OH is 3. The molecule has 0 unspecified atom stereocenters. The Labute approximate surface area is 112 Å². The Morgan fingerprint density at radius 1 is 0.842 bits per heavy atom. The lowest BCUT2D eigenvalue weighted by Gasteiger charge is -2.28. The minimum atomic E-state index is -1.04. The van der Waals surface area contributed by atoms with Crippen molar-refractivity contribution in [1.29, 1.82) is 0 Å². The minimum absolute atomic E-state index is 0.312. The summed E-state index contributed by atoms with van der Waals surface area (Å²) in [5.41, 5.74) is 0.00414. The molecule has 0 radical (unpaired) electrons. The molecule has 4 heteroatoms. The molecule has 4 N–H and O–H groups in total. The fraction of sp³-hybridized carbons (Fsp3) is 0.333. The fourth-order valence-electron chi connectivity index (χ4n) is 1.96. The molecule has 0 bridgehead atoms. The fourth-order valence-corrected chi connectivity index (χ4v) is 1.96. The third-order valence-electron chi connectivity index (χ3n) is 3.39. The van der Waals surface area contributed by atoms with E-state index in [4.69, 9.17) is 0 Å². The molecule has 0 atom stereocenters. The average Bonchev–Trinajstić information content (AvgIpc) is 2.49. The predicted octanol–water partition coefficient (Wildman–Crippen LogP) is 0.645. The van der Waals surface area contributed by atoms with Crippen LogP contribution in [0.2, 0.25) is 0 Å². The Balaban J connectivity index is 2.13. The molecule has 0 amide bonds. The van der Waals surface area contributed by atoms with Gasteiger partial charge in [-0.3, -0.25) is 0 Å². The van der Waals surface area contributed by atoms with Crippen molar-refractivity contribution in [2.24, 2.45) is 0 Å². The lowest BCUT2D eigenvalue weighted by atomic mass is 10.0. The molecule has 2 rings (SSSR count). The highest BCUT2D eigenvalue weighted by Crippen LogP contribution is 2.16. The van der Waals surface area contributed by atoms with E-state index in [1.54, 1.807) is 0 Å². The molecule has 0 aliphatic carbocycles. The molecule has 0 heterocycles. The van der Waals surface area contributed by atoms with Gasteiger partial charge in [-0.15, -0.1) is 0 Å². The van der Waals surface area contributed by atoms with Gasteiger partial charge in [0.25, 0.3) is 0 Å². The summed E-state index contributed by atoms with van der Waals surface area (Å²) in [6.45, 7) is -0.457. The van der Waals surface area contributed by atoms with E-state index in [2.05, 4.69) is 11.4 Å². The summed E-state index contributed by atoms with van der Waals surface area (Å²) in [4.78, 5) is 0. The maximum atomic E-state index is 9.24. The molecule has 2 aromatic rings. The maximum Gasteiger partial charge on any atom is 0.0884 e. The second-order valence-electron chi connectivity index (χ2n) is 4.79. The highest BCUT2D eigenvalue weighted by molar-refractivity contribution is 5.82. The van der Waals surface area contributed by atoms with Crippen molar-refractivity contribution in [1.82, 2.24) is 5.32 Å². The van der Waals surface area contributed by atoms with Crippen molar-refractivity contribution in [2.45, 2.75) is 12.1 Å². The van der Waals surface area contributed by atoms with Crippen molar-refractivity contribution in [2.75, 3.05) is 19.8 Å². The van der Waals surface area contributed by atoms with Crippen LogP contribution in [0, 0.1) is 0 Å². The second-order valence-corrected chi connectivity index (χ2v) is 4.79. The number of fused-ring (bicyclic) bond motifs is 1. The van der Waals surface area contributed by atoms with Gasteiger partial charge in [-0.1, -0.05) is 36.4 Å². The van der Waals surface area contributed by atoms with E-state index in [1.165, 1.54) is 5.39 Å². The third kappa shape index (κ3) is 3.11. The molecule has 0 aliphatic rings. The van der Waals surface area contributed by atoms with Crippen LogP contribution < -0.4 is 5.32 Å². The van der Waals surface area contributed by atoms with Crippen LogP contribution in [0.4, 0.5) is 0 Å². The first-order chi connectivity index (χ1) is 9.23. The Bertz CT molecular complexity index is 529. The number of nitrogens with one attached hydrogen (secondary N) is 1. The molecule has 102 valence electrons. The molecule has 0 aromatic heterocycles. The molecular weight excluding hydrogens is 242 g/mol. The number of benzene rings is 2. The molecular formula is C15H19NO3. The summed E-state index contributed by atoms with van der Waals surface area (Å²) in [5.74, 6) is 0. The first kappa shape index (κ1) is 14.0. The standard InChI is InChI=1S/C15H19NO3/c17-9-15(10-18,11-19)16-8-12-5-6-13-3-1-2-4-14(13)7-12/h1-7,16-19H,8-11H2. The second kappa shape index (κ2) is 6.12. The van der Waals surface area contributed by atoms with Gasteiger partial charge >= 0.3 is 0 Å². The van der Waals surface area contributed by atoms with E-state index >= 15 is 0 Å². The Kier molecular flexibility index (Phi) is 4.50. The van der Waals surface area contributed by atoms with Gasteiger partial charge in [0.05, 0.1) is 25.4 Å². The molecule has 19 heavy (non-hydrogen) atoms. The summed E-state index contributed by atoms with van der Waals surface area (Å²) < 4.78 is 0. The van der Waals surface area contributed by atoms with Gasteiger partial charge in [-0.25, -0.2) is 0 Å². The van der Waals surface area contributed by atoms with Crippen LogP contribution in [0.5, 0.6) is 0 Å². The number of rotatable bonds is 6. The van der Waals surface area contributed by atoms with Crippen molar-refractivity contribution in [3.05, 3.63) is 48.0 Å². The molecule has 0 saturated heterocycles. The van der Waals surface area contributed by atoms with Crippen LogP contribution in [-0.2, 0) is 6.54 Å². The number of hydrogen-bond donors (Lipinski definition) is 4. The topological polar surface area (TPSA) is 72.7 Å². The van der Waals surface area contributed by atoms with Crippen molar-refractivity contribution in [3.63, 3.8) is 0 Å². The summed E-state index contributed by atoms with van der Waals surface area (Å²) >= 11 is 0. The van der Waals surface area contributed by atoms with E-state index < -0.39 is 5.54 Å². The Morgan fingerprint density at radius 2 is 1.47 bits per heavy atom. The van der Waals surface area contributed by atoms with E-state index in [1.807, 2.05) is 36.4 Å². The molecule has 0 aliphatic heterocycles. The van der Waals surface area contributed by atoms with Crippen molar-refractivity contribution < 1.29 is 15.3 Å². The van der Waals surface area contributed by atoms with E-state index in [0.29, 0.717) is 6.54 Å². The predicted molar refractivity (Wildman–Crippen MR) is 74.8 cm³/mol. The van der Waals surface area contributed by atoms with Crippen LogP contribution >= 0.6 is 0 Å². The zero-order chi connectivity index (χ0) is 13.7. The van der Waals surface area contributed by atoms with Crippen molar-refractivity contribution >= 4 is 10.8 Å². The van der Waals surface area contributed by atoms with Crippen LogP contribution in [0.15, 0.2) is 42.5 Å². The monoisotopic (exact) mass is 261 g/mol. The maximum absolute atomic E-state index is 9.24. The molecule has 4 nitrogen and oxygen atoms in total. The zero-order valence-electron chi connectivity index (χ0n) is 10.7. The normalized spacial score (nSPS) is 11.9. The SMILES string of the molecule is OCC(CO)(CO)NCc1ccc2ccccc2c1. The van der Waals surface area contributed by atoms with Gasteiger partial charge in [-0.2, -0.15) is 0 Å². The molecule has 0 spiro atoms. The quantitative estimate of drug-likeness (QED) is 0.616. The van der Waals surface area contributed by atoms with E-state index in [0.717, 1.165) is 10.9 Å². The van der Waals surface area contributed by atoms with Gasteiger partial charge in [0.15, 0.2) is 0 Å². The van der Waals surface area contributed by atoms with Crippen LogP contribution in [0.3, 0.4) is 0 Å². The lowest BCUT2D eigenvalue weighted by Crippen LogP contribution is -2.54. The molecule has 0 saturated carbocycles. The van der Waals surface area contributed by atoms with E-state index in [-0.39, 0.29) is 19.8 Å². The highest BCUT2D eigenvalue weighted by atomic mass is 16.3. The largest absolute Gasteiger partial charge is 0.394 e. The Hall–Kier alpha value is -1.46. The van der Waals surface area contributed by atoms with Crippen LogP contribution in [-0.4, -0.2) is 40.7 Å². The average molecular weight is 261 g/mol. The third-order valence-corrected chi connectivity index (χ3v) is 3.39. The number of hydrogen-bond acceptors (Lipinski definition) is 4. The summed E-state index contributed by atoms with van der Waals surface area (Å²) in [6, 6.07) is 14.1. The van der Waals surface area contributed by atoms with Gasteiger partial charge in [0.2, 0.25) is 0 Å². The first-order valence-electron chi connectivity index (χ1n) is 6.28. The zero-order valence-corrected chi connectivity index (χ0v) is 10.7. The molecule has 0 fully saturated rings. The number of aliphatic hydroxyl groups is 3. The van der Waals surface area contributed by atoms with Gasteiger partial charge < -0.3 is 20.6 Å². The minimum Gasteiger partial charge on any atom is -0.394 e. The Morgan fingerprint density at radius 3 is 2.11 bits per heavy atom. The van der Waals surface area contributed by atoms with Crippen LogP contribution in [0.25, 0.3) is 10.8 Å². The highest BCUT2D eigenvalue weighted by Gasteiger charge is 2.26. The summed E-state index contributed by atoms with van der Waals surface area (Å²) in [7, 11) is 0. The van der Waals surface area contributed by atoms with Gasteiger partial charge in [0, 0.05) is 6.54 Å². The van der Waals surface area contributed by atoms with Crippen molar-refractivity contribution in [3.8, 4) is 0 Å². The van der Waals surface area contributed by atoms with Gasteiger partial charge in [0.1, 0.15) is 0 Å². The van der Waals surface area contributed by atoms with Gasteiger partial charge in [-0.05, 0) is 22.4 Å². The summed E-state index contributed by atoms with van der Waals surface area (Å²) in [6.07, 6.45) is 0. The summed E-state index contributed by atoms with van der Waals surface area (Å²) in [5, 5.41) is 33.1. The lowest BCUT2D eigenvalue weighted by molar-refractivity contribution is 0.0414.